The van der Waals surface area contributed by atoms with E-state index in [-0.39, 0.29) is 0 Å². The van der Waals surface area contributed by atoms with E-state index in [1.54, 1.807) is 16.7 Å². The smallest absolute Gasteiger partial charge is 0.0121 e. The predicted molar refractivity (Wildman–Crippen MR) is 68.4 cm³/mol. The second-order valence-electron chi connectivity index (χ2n) is 4.89. The summed E-state index contributed by atoms with van der Waals surface area (Å²) in [5, 5.41) is 0. The second-order valence-corrected chi connectivity index (χ2v) is 4.89. The van der Waals surface area contributed by atoms with Crippen LogP contribution in [-0.4, -0.2) is 0 Å². The van der Waals surface area contributed by atoms with Crippen molar-refractivity contribution in [2.45, 2.75) is 32.1 Å². The van der Waals surface area contributed by atoms with Crippen LogP contribution in [0.15, 0.2) is 48.1 Å². The zero-order valence-electron chi connectivity index (χ0n) is 9.65. The van der Waals surface area contributed by atoms with Crippen molar-refractivity contribution in [3.05, 3.63) is 59.2 Å². The summed E-state index contributed by atoms with van der Waals surface area (Å²) >= 11 is 0. The van der Waals surface area contributed by atoms with Gasteiger partial charge in [-0.1, -0.05) is 42.5 Å². The molecule has 1 atom stereocenters. The molecular weight excluding hydrogens is 192 g/mol. The van der Waals surface area contributed by atoms with Crippen LogP contribution in [0.1, 0.15) is 30.4 Å². The first kappa shape index (κ1) is 9.89. The highest BCUT2D eigenvalue weighted by Gasteiger charge is 2.20. The van der Waals surface area contributed by atoms with Gasteiger partial charge in [-0.2, -0.15) is 0 Å². The summed E-state index contributed by atoms with van der Waals surface area (Å²) in [6, 6.07) is 8.93. The van der Waals surface area contributed by atoms with E-state index in [4.69, 9.17) is 0 Å². The Morgan fingerprint density at radius 1 is 1.00 bits per heavy atom. The van der Waals surface area contributed by atoms with Crippen molar-refractivity contribution >= 4 is 0 Å². The molecule has 0 N–H and O–H groups in total. The maximum absolute atomic E-state index is 2.44. The lowest BCUT2D eigenvalue weighted by atomic mass is 9.79. The zero-order valence-corrected chi connectivity index (χ0v) is 9.65. The van der Waals surface area contributed by atoms with Gasteiger partial charge in [0.05, 0.1) is 0 Å². The monoisotopic (exact) mass is 210 g/mol. The fraction of sp³-hybridized carbons (Fsp3) is 0.375. The first-order valence-corrected chi connectivity index (χ1v) is 6.37. The van der Waals surface area contributed by atoms with Gasteiger partial charge in [-0.25, -0.2) is 0 Å². The van der Waals surface area contributed by atoms with E-state index in [1.165, 1.54) is 32.1 Å². The highest BCUT2D eigenvalue weighted by atomic mass is 14.2. The van der Waals surface area contributed by atoms with Crippen molar-refractivity contribution in [1.82, 2.24) is 0 Å². The molecule has 0 radical (unpaired) electrons. The van der Waals surface area contributed by atoms with Crippen LogP contribution in [0.4, 0.5) is 0 Å². The highest BCUT2D eigenvalue weighted by Crippen LogP contribution is 2.32. The van der Waals surface area contributed by atoms with Gasteiger partial charge in [0.1, 0.15) is 0 Å². The van der Waals surface area contributed by atoms with Crippen molar-refractivity contribution < 1.29 is 0 Å². The molecule has 0 aromatic heterocycles. The summed E-state index contributed by atoms with van der Waals surface area (Å²) in [6.07, 6.45) is 13.4. The second kappa shape index (κ2) is 4.29. The Morgan fingerprint density at radius 3 is 2.69 bits per heavy atom. The average molecular weight is 210 g/mol. The third-order valence-corrected chi connectivity index (χ3v) is 3.84. The molecule has 1 aromatic carbocycles. The molecule has 16 heavy (non-hydrogen) atoms. The van der Waals surface area contributed by atoms with Crippen LogP contribution in [0.5, 0.6) is 0 Å². The molecule has 3 rings (SSSR count). The number of hydrogen-bond donors (Lipinski definition) is 0. The topological polar surface area (TPSA) is 0 Å². The fourth-order valence-corrected chi connectivity index (χ4v) is 2.92. The van der Waals surface area contributed by atoms with Gasteiger partial charge in [-0.3, -0.25) is 0 Å². The Morgan fingerprint density at radius 2 is 1.88 bits per heavy atom. The fourth-order valence-electron chi connectivity index (χ4n) is 2.92. The minimum absolute atomic E-state index is 0.770. The van der Waals surface area contributed by atoms with Crippen LogP contribution in [0.25, 0.3) is 0 Å². The van der Waals surface area contributed by atoms with E-state index in [1.807, 2.05) is 0 Å². The van der Waals surface area contributed by atoms with E-state index < -0.39 is 0 Å². The van der Waals surface area contributed by atoms with Gasteiger partial charge in [0, 0.05) is 0 Å². The van der Waals surface area contributed by atoms with Gasteiger partial charge < -0.3 is 0 Å². The lowest BCUT2D eigenvalue weighted by Gasteiger charge is -2.26. The first-order chi connectivity index (χ1) is 7.93. The summed E-state index contributed by atoms with van der Waals surface area (Å²) in [7, 11) is 0. The normalized spacial score (nSPS) is 23.8. The van der Waals surface area contributed by atoms with Gasteiger partial charge in [-0.05, 0) is 54.7 Å². The van der Waals surface area contributed by atoms with Gasteiger partial charge in [0.25, 0.3) is 0 Å². The van der Waals surface area contributed by atoms with Gasteiger partial charge in [-0.15, -0.1) is 0 Å². The van der Waals surface area contributed by atoms with E-state index in [0.717, 1.165) is 5.92 Å². The molecule has 1 unspecified atom stereocenters. The summed E-state index contributed by atoms with van der Waals surface area (Å²) < 4.78 is 0. The van der Waals surface area contributed by atoms with E-state index >= 15 is 0 Å². The molecule has 0 spiro atoms. The molecular formula is C16H18. The number of hydrogen-bond acceptors (Lipinski definition) is 0. The molecule has 0 aliphatic heterocycles. The molecule has 0 heteroatoms. The SMILES string of the molecule is C1=CC(C2CCc3ccccc3C2)=CCC1. The molecule has 0 amide bonds. The molecule has 0 saturated heterocycles. The maximum atomic E-state index is 2.44. The van der Waals surface area contributed by atoms with Crippen LogP contribution in [0.2, 0.25) is 0 Å². The number of benzene rings is 1. The summed E-state index contributed by atoms with van der Waals surface area (Å²) in [5.74, 6) is 0.770. The molecule has 82 valence electrons. The first-order valence-electron chi connectivity index (χ1n) is 6.37. The Bertz CT molecular complexity index is 437. The van der Waals surface area contributed by atoms with Crippen molar-refractivity contribution in [2.75, 3.05) is 0 Å². The molecule has 0 fully saturated rings. The summed E-state index contributed by atoms with van der Waals surface area (Å²) in [4.78, 5) is 0. The van der Waals surface area contributed by atoms with E-state index in [0.29, 0.717) is 0 Å². The largest absolute Gasteiger partial charge is 0.0840 e. The van der Waals surface area contributed by atoms with Crippen LogP contribution < -0.4 is 0 Å². The van der Waals surface area contributed by atoms with Crippen LogP contribution in [-0.2, 0) is 12.8 Å². The lowest BCUT2D eigenvalue weighted by molar-refractivity contribution is 0.531. The standard InChI is InChI=1S/C16H18/c1-2-6-13(7-3-1)16-11-10-14-8-4-5-9-15(14)12-16/h2,4-9,16H,1,3,10-12H2. The van der Waals surface area contributed by atoms with E-state index in [2.05, 4.69) is 42.5 Å². The molecule has 0 bridgehead atoms. The van der Waals surface area contributed by atoms with Crippen LogP contribution in [0.3, 0.4) is 0 Å². The zero-order chi connectivity index (χ0) is 10.8. The Kier molecular flexibility index (Phi) is 2.65. The Balaban J connectivity index is 1.82. The molecule has 0 nitrogen and oxygen atoms in total. The average Bonchev–Trinajstić information content (AvgIpc) is 2.39. The van der Waals surface area contributed by atoms with E-state index in [9.17, 15) is 0 Å². The number of rotatable bonds is 1. The third-order valence-electron chi connectivity index (χ3n) is 3.84. The third kappa shape index (κ3) is 1.84. The van der Waals surface area contributed by atoms with Crippen molar-refractivity contribution in [3.8, 4) is 0 Å². The molecule has 2 aliphatic carbocycles. The molecule has 2 aliphatic rings. The minimum atomic E-state index is 0.770. The molecule has 0 heterocycles. The van der Waals surface area contributed by atoms with Gasteiger partial charge >= 0.3 is 0 Å². The maximum Gasteiger partial charge on any atom is -0.0121 e. The number of allylic oxidation sites excluding steroid dienone is 4. The molecule has 1 aromatic rings. The Labute approximate surface area is 97.7 Å². The molecule has 0 saturated carbocycles. The summed E-state index contributed by atoms with van der Waals surface area (Å²) in [5.41, 5.74) is 4.72. The van der Waals surface area contributed by atoms with Crippen molar-refractivity contribution in [3.63, 3.8) is 0 Å². The number of aryl methyl sites for hydroxylation is 1. The van der Waals surface area contributed by atoms with Crippen LogP contribution >= 0.6 is 0 Å². The lowest BCUT2D eigenvalue weighted by Crippen LogP contribution is -2.16. The predicted octanol–water partition coefficient (Wildman–Crippen LogP) is 4.07. The summed E-state index contributed by atoms with van der Waals surface area (Å²) in [6.45, 7) is 0. The van der Waals surface area contributed by atoms with Gasteiger partial charge in [0.15, 0.2) is 0 Å². The Hall–Kier alpha value is -1.30. The van der Waals surface area contributed by atoms with Gasteiger partial charge in [0.2, 0.25) is 0 Å². The number of fused-ring (bicyclic) bond motifs is 1. The quantitative estimate of drug-likeness (QED) is 0.655. The minimum Gasteiger partial charge on any atom is -0.0840 e. The van der Waals surface area contributed by atoms with Crippen molar-refractivity contribution in [1.29, 1.82) is 0 Å². The van der Waals surface area contributed by atoms with Crippen molar-refractivity contribution in [2.24, 2.45) is 5.92 Å². The highest BCUT2D eigenvalue weighted by molar-refractivity contribution is 5.34. The van der Waals surface area contributed by atoms with Crippen LogP contribution in [0, 0.1) is 5.92 Å².